The number of aromatic nitrogens is 4. The molecule has 0 saturated heterocycles. The molecule has 2 heterocycles. The second-order valence-corrected chi connectivity index (χ2v) is 7.51. The zero-order chi connectivity index (χ0) is 19.7. The van der Waals surface area contributed by atoms with Crippen LogP contribution in [0.2, 0.25) is 0 Å². The minimum atomic E-state index is -0.754. The lowest BCUT2D eigenvalue weighted by atomic mass is 9.95. The molecule has 9 heteroatoms. The Morgan fingerprint density at radius 1 is 1.14 bits per heavy atom. The third-order valence-corrected chi connectivity index (χ3v) is 5.35. The zero-order valence-electron chi connectivity index (χ0n) is 15.9. The van der Waals surface area contributed by atoms with Crippen molar-refractivity contribution in [1.82, 2.24) is 25.1 Å². The third-order valence-electron chi connectivity index (χ3n) is 5.35. The first-order valence-corrected chi connectivity index (χ1v) is 9.82. The second-order valence-electron chi connectivity index (χ2n) is 7.51. The zero-order valence-corrected chi connectivity index (χ0v) is 15.9. The molecule has 9 nitrogen and oxygen atoms in total. The van der Waals surface area contributed by atoms with E-state index in [-0.39, 0.29) is 17.5 Å². The first kappa shape index (κ1) is 18.4. The Balaban J connectivity index is 1.53. The van der Waals surface area contributed by atoms with Gasteiger partial charge in [-0.2, -0.15) is 9.78 Å². The van der Waals surface area contributed by atoms with Gasteiger partial charge < -0.3 is 10.6 Å². The molecule has 0 radical (unpaired) electrons. The van der Waals surface area contributed by atoms with Crippen LogP contribution in [-0.2, 0) is 22.4 Å². The maximum absolute atomic E-state index is 12.4. The van der Waals surface area contributed by atoms with Crippen molar-refractivity contribution in [3.63, 3.8) is 0 Å². The minimum absolute atomic E-state index is 0.0494. The monoisotopic (exact) mass is 384 g/mol. The van der Waals surface area contributed by atoms with E-state index in [4.69, 9.17) is 0 Å². The number of carbonyl (C=O) groups excluding carboxylic acids is 2. The van der Waals surface area contributed by atoms with Crippen molar-refractivity contribution in [2.75, 3.05) is 5.32 Å². The lowest BCUT2D eigenvalue weighted by molar-refractivity contribution is -0.136. The van der Waals surface area contributed by atoms with Crippen LogP contribution in [0.3, 0.4) is 0 Å². The molecule has 2 aromatic heterocycles. The number of nitrogens with zero attached hydrogens (tertiary/aromatic N) is 3. The van der Waals surface area contributed by atoms with Gasteiger partial charge in [-0.15, -0.1) is 0 Å². The molecule has 3 N–H and O–H groups in total. The summed E-state index contributed by atoms with van der Waals surface area (Å²) in [5.41, 5.74) is 1.92. The number of hydrogen-bond acceptors (Lipinski definition) is 5. The molecule has 0 aromatic carbocycles. The molecule has 2 amide bonds. The van der Waals surface area contributed by atoms with E-state index in [1.54, 1.807) is 13.0 Å². The highest BCUT2D eigenvalue weighted by Gasteiger charge is 2.23. The average Bonchev–Trinajstić information content (AvgIpc) is 3.29. The Labute approximate surface area is 161 Å². The summed E-state index contributed by atoms with van der Waals surface area (Å²) in [6, 6.07) is 1.69. The molecule has 4 rings (SSSR count). The van der Waals surface area contributed by atoms with Crippen LogP contribution >= 0.6 is 0 Å². The minimum Gasteiger partial charge on any atom is -0.345 e. The number of H-pyrrole nitrogens is 1. The van der Waals surface area contributed by atoms with Crippen molar-refractivity contribution < 1.29 is 9.59 Å². The molecule has 0 spiro atoms. The van der Waals surface area contributed by atoms with Gasteiger partial charge in [0.05, 0.1) is 11.4 Å². The van der Waals surface area contributed by atoms with Gasteiger partial charge in [-0.3, -0.25) is 19.4 Å². The van der Waals surface area contributed by atoms with Crippen LogP contribution in [0.4, 0.5) is 5.82 Å². The number of aryl methyl sites for hydroxylation is 2. The van der Waals surface area contributed by atoms with Crippen LogP contribution in [0, 0.1) is 6.92 Å². The molecule has 0 atom stereocenters. The first-order valence-electron chi connectivity index (χ1n) is 9.82. The van der Waals surface area contributed by atoms with Gasteiger partial charge >= 0.3 is 11.8 Å². The molecule has 0 aliphatic heterocycles. The van der Waals surface area contributed by atoms with Crippen molar-refractivity contribution in [1.29, 1.82) is 0 Å². The van der Waals surface area contributed by atoms with Gasteiger partial charge in [-0.1, -0.05) is 19.3 Å². The van der Waals surface area contributed by atoms with E-state index in [9.17, 15) is 14.4 Å². The lowest BCUT2D eigenvalue weighted by Gasteiger charge is -2.22. The van der Waals surface area contributed by atoms with Gasteiger partial charge in [-0.05, 0) is 39.0 Å². The molecule has 1 saturated carbocycles. The predicted molar refractivity (Wildman–Crippen MR) is 102 cm³/mol. The highest BCUT2D eigenvalue weighted by Crippen LogP contribution is 2.20. The molecule has 1 fully saturated rings. The van der Waals surface area contributed by atoms with Crippen LogP contribution in [0.1, 0.15) is 55.5 Å². The summed E-state index contributed by atoms with van der Waals surface area (Å²) < 4.78 is 1.36. The van der Waals surface area contributed by atoms with Gasteiger partial charge in [0, 0.05) is 17.7 Å². The fourth-order valence-corrected chi connectivity index (χ4v) is 3.95. The SMILES string of the molecule is Cc1cc(NC(=O)C(=O)NC2CCCCC2)n(-c2nc3c(c(=O)[nH]2)CCC3)n1. The van der Waals surface area contributed by atoms with Gasteiger partial charge in [0.15, 0.2) is 0 Å². The molecular formula is C19H24N6O3. The standard InChI is InChI=1S/C19H24N6O3/c1-11-10-15(22-18(28)17(27)20-12-6-3-2-4-7-12)25(24-11)19-21-14-9-5-8-13(14)16(26)23-19/h10,12H,2-9H2,1H3,(H,20,27)(H,22,28)(H,21,23,26). The van der Waals surface area contributed by atoms with Crippen LogP contribution in [0.5, 0.6) is 0 Å². The van der Waals surface area contributed by atoms with Crippen molar-refractivity contribution >= 4 is 17.6 Å². The quantitative estimate of drug-likeness (QED) is 0.685. The Hall–Kier alpha value is -2.97. The number of fused-ring (bicyclic) bond motifs is 1. The smallest absolute Gasteiger partial charge is 0.314 e. The van der Waals surface area contributed by atoms with Gasteiger partial charge in [-0.25, -0.2) is 4.98 Å². The number of hydrogen-bond donors (Lipinski definition) is 3. The van der Waals surface area contributed by atoms with E-state index in [0.29, 0.717) is 17.1 Å². The largest absolute Gasteiger partial charge is 0.345 e. The van der Waals surface area contributed by atoms with Crippen LogP contribution in [0.25, 0.3) is 5.95 Å². The Morgan fingerprint density at radius 3 is 2.71 bits per heavy atom. The van der Waals surface area contributed by atoms with Crippen molar-refractivity contribution in [3.05, 3.63) is 33.4 Å². The van der Waals surface area contributed by atoms with E-state index in [0.717, 1.165) is 50.6 Å². The molecule has 2 aromatic rings. The maximum Gasteiger partial charge on any atom is 0.314 e. The van der Waals surface area contributed by atoms with Crippen molar-refractivity contribution in [3.8, 4) is 5.95 Å². The number of aromatic amines is 1. The topological polar surface area (TPSA) is 122 Å². The normalized spacial score (nSPS) is 16.6. The summed E-state index contributed by atoms with van der Waals surface area (Å²) in [7, 11) is 0. The molecule has 2 aliphatic rings. The van der Waals surface area contributed by atoms with E-state index in [2.05, 4.69) is 25.7 Å². The Kier molecular flexibility index (Phi) is 4.97. The first-order chi connectivity index (χ1) is 13.5. The second kappa shape index (κ2) is 7.57. The van der Waals surface area contributed by atoms with Gasteiger partial charge in [0.2, 0.25) is 5.95 Å². The molecular weight excluding hydrogens is 360 g/mol. The van der Waals surface area contributed by atoms with Crippen LogP contribution in [-0.4, -0.2) is 37.6 Å². The lowest BCUT2D eigenvalue weighted by Crippen LogP contribution is -2.42. The van der Waals surface area contributed by atoms with E-state index in [1.165, 1.54) is 11.1 Å². The highest BCUT2D eigenvalue weighted by atomic mass is 16.2. The van der Waals surface area contributed by atoms with E-state index < -0.39 is 11.8 Å². The highest BCUT2D eigenvalue weighted by molar-refractivity contribution is 6.39. The number of anilines is 1. The Bertz CT molecular complexity index is 971. The summed E-state index contributed by atoms with van der Waals surface area (Å²) in [6.07, 6.45) is 7.47. The number of carbonyl (C=O) groups is 2. The number of rotatable bonds is 3. The summed E-state index contributed by atoms with van der Waals surface area (Å²) in [5.74, 6) is -0.882. The summed E-state index contributed by atoms with van der Waals surface area (Å²) in [4.78, 5) is 44.1. The summed E-state index contributed by atoms with van der Waals surface area (Å²) in [6.45, 7) is 1.76. The molecule has 2 aliphatic carbocycles. The van der Waals surface area contributed by atoms with Crippen LogP contribution < -0.4 is 16.2 Å². The van der Waals surface area contributed by atoms with Gasteiger partial charge in [0.1, 0.15) is 5.82 Å². The molecule has 148 valence electrons. The summed E-state index contributed by atoms with van der Waals surface area (Å²) >= 11 is 0. The van der Waals surface area contributed by atoms with E-state index >= 15 is 0 Å². The van der Waals surface area contributed by atoms with Gasteiger partial charge in [0.25, 0.3) is 5.56 Å². The van der Waals surface area contributed by atoms with Crippen molar-refractivity contribution in [2.24, 2.45) is 0 Å². The number of nitrogens with one attached hydrogen (secondary N) is 3. The van der Waals surface area contributed by atoms with Crippen LogP contribution in [0.15, 0.2) is 10.9 Å². The molecule has 0 bridgehead atoms. The fourth-order valence-electron chi connectivity index (χ4n) is 3.95. The average molecular weight is 384 g/mol. The third kappa shape index (κ3) is 3.69. The summed E-state index contributed by atoms with van der Waals surface area (Å²) in [5, 5.41) is 9.70. The molecule has 28 heavy (non-hydrogen) atoms. The number of amides is 2. The van der Waals surface area contributed by atoms with E-state index in [1.807, 2.05) is 0 Å². The maximum atomic E-state index is 12.4. The Morgan fingerprint density at radius 2 is 1.93 bits per heavy atom. The fraction of sp³-hybridized carbons (Fsp3) is 0.526. The van der Waals surface area contributed by atoms with Crippen molar-refractivity contribution in [2.45, 2.75) is 64.3 Å². The molecule has 0 unspecified atom stereocenters. The predicted octanol–water partition coefficient (Wildman–Crippen LogP) is 1.14.